The summed E-state index contributed by atoms with van der Waals surface area (Å²) in [5, 5.41) is 2.81. The number of carbonyl (C=O) groups excluding carboxylic acids is 1. The number of carbonyl (C=O) groups is 1. The second kappa shape index (κ2) is 8.05. The van der Waals surface area contributed by atoms with Gasteiger partial charge in [-0.05, 0) is 25.7 Å². The van der Waals surface area contributed by atoms with E-state index in [-0.39, 0.29) is 12.5 Å². The van der Waals surface area contributed by atoms with E-state index in [0.717, 1.165) is 19.4 Å². The van der Waals surface area contributed by atoms with E-state index in [1.165, 1.54) is 0 Å². The molecule has 78 valence electrons. The van der Waals surface area contributed by atoms with Crippen LogP contribution in [-0.2, 0) is 9.53 Å². The van der Waals surface area contributed by atoms with E-state index >= 15 is 0 Å². The molecular weight excluding hydrogens is 166 g/mol. The summed E-state index contributed by atoms with van der Waals surface area (Å²) < 4.78 is 4.96. The van der Waals surface area contributed by atoms with Gasteiger partial charge in [0.05, 0.1) is 0 Å². The molecular formula is C10H21NO2. The van der Waals surface area contributed by atoms with Crippen LogP contribution in [0.5, 0.6) is 0 Å². The molecule has 1 N–H and O–H groups in total. The Morgan fingerprint density at radius 3 is 2.69 bits per heavy atom. The predicted molar refractivity (Wildman–Crippen MR) is 53.6 cm³/mol. The van der Waals surface area contributed by atoms with Crippen LogP contribution in [0.4, 0.5) is 0 Å². The van der Waals surface area contributed by atoms with Crippen molar-refractivity contribution in [1.29, 1.82) is 0 Å². The molecule has 3 nitrogen and oxygen atoms in total. The van der Waals surface area contributed by atoms with Crippen molar-refractivity contribution >= 4 is 5.91 Å². The topological polar surface area (TPSA) is 38.3 Å². The van der Waals surface area contributed by atoms with Gasteiger partial charge in [0, 0.05) is 13.2 Å². The minimum atomic E-state index is -0.00870. The van der Waals surface area contributed by atoms with E-state index < -0.39 is 0 Å². The number of hydrogen-bond acceptors (Lipinski definition) is 2. The molecule has 0 aliphatic rings. The highest BCUT2D eigenvalue weighted by Crippen LogP contribution is 2.01. The Balaban J connectivity index is 3.17. The molecule has 0 aromatic carbocycles. The van der Waals surface area contributed by atoms with Gasteiger partial charge in [-0.25, -0.2) is 0 Å². The lowest BCUT2D eigenvalue weighted by Crippen LogP contribution is -2.28. The Kier molecular flexibility index (Phi) is 7.69. The molecule has 0 aromatic rings. The van der Waals surface area contributed by atoms with Crippen molar-refractivity contribution in [2.75, 3.05) is 19.8 Å². The zero-order chi connectivity index (χ0) is 10.1. The first-order valence-corrected chi connectivity index (χ1v) is 5.01. The van der Waals surface area contributed by atoms with E-state index in [9.17, 15) is 4.79 Å². The summed E-state index contributed by atoms with van der Waals surface area (Å²) in [4.78, 5) is 11.0. The van der Waals surface area contributed by atoms with Gasteiger partial charge < -0.3 is 10.1 Å². The second-order valence-electron chi connectivity index (χ2n) is 3.52. The van der Waals surface area contributed by atoms with Crippen LogP contribution < -0.4 is 5.32 Å². The van der Waals surface area contributed by atoms with Crippen molar-refractivity contribution in [1.82, 2.24) is 5.32 Å². The van der Waals surface area contributed by atoms with Crippen LogP contribution in [0, 0.1) is 5.92 Å². The molecule has 0 unspecified atom stereocenters. The molecule has 0 saturated heterocycles. The fourth-order valence-corrected chi connectivity index (χ4v) is 0.984. The van der Waals surface area contributed by atoms with Gasteiger partial charge in [0.25, 0.3) is 0 Å². The molecule has 0 spiro atoms. The first-order valence-electron chi connectivity index (χ1n) is 5.01. The fraction of sp³-hybridized carbons (Fsp3) is 0.900. The van der Waals surface area contributed by atoms with Gasteiger partial charge >= 0.3 is 0 Å². The maximum absolute atomic E-state index is 11.0. The van der Waals surface area contributed by atoms with Crippen molar-refractivity contribution < 1.29 is 9.53 Å². The Morgan fingerprint density at radius 2 is 2.15 bits per heavy atom. The number of amides is 1. The van der Waals surface area contributed by atoms with Crippen LogP contribution in [0.2, 0.25) is 0 Å². The molecule has 0 atom stereocenters. The smallest absolute Gasteiger partial charge is 0.245 e. The molecule has 13 heavy (non-hydrogen) atoms. The molecule has 0 fully saturated rings. The largest absolute Gasteiger partial charge is 0.372 e. The quantitative estimate of drug-likeness (QED) is 0.614. The average molecular weight is 187 g/mol. The maximum Gasteiger partial charge on any atom is 0.245 e. The van der Waals surface area contributed by atoms with Crippen molar-refractivity contribution in [3.05, 3.63) is 0 Å². The van der Waals surface area contributed by atoms with Crippen molar-refractivity contribution in [2.45, 2.75) is 33.6 Å². The minimum absolute atomic E-state index is 0.00870. The third-order valence-electron chi connectivity index (χ3n) is 1.72. The fourth-order valence-electron chi connectivity index (χ4n) is 0.984. The summed E-state index contributed by atoms with van der Waals surface area (Å²) in [6, 6.07) is 0. The molecule has 1 amide bonds. The maximum atomic E-state index is 11.0. The molecule has 0 heterocycles. The summed E-state index contributed by atoms with van der Waals surface area (Å²) >= 11 is 0. The molecule has 0 rings (SSSR count). The van der Waals surface area contributed by atoms with Crippen LogP contribution in [0.25, 0.3) is 0 Å². The second-order valence-corrected chi connectivity index (χ2v) is 3.52. The predicted octanol–water partition coefficient (Wildman–Crippen LogP) is 1.58. The van der Waals surface area contributed by atoms with E-state index in [1.807, 2.05) is 6.92 Å². The average Bonchev–Trinajstić information content (AvgIpc) is 2.08. The van der Waals surface area contributed by atoms with Gasteiger partial charge in [-0.3, -0.25) is 4.79 Å². The van der Waals surface area contributed by atoms with E-state index in [2.05, 4.69) is 19.2 Å². The number of nitrogens with one attached hydrogen (secondary N) is 1. The van der Waals surface area contributed by atoms with Crippen molar-refractivity contribution in [2.24, 2.45) is 5.92 Å². The first-order chi connectivity index (χ1) is 6.16. The Labute approximate surface area is 80.8 Å². The summed E-state index contributed by atoms with van der Waals surface area (Å²) in [7, 11) is 0. The zero-order valence-corrected chi connectivity index (χ0v) is 8.93. The lowest BCUT2D eigenvalue weighted by atomic mass is 10.1. The van der Waals surface area contributed by atoms with E-state index in [1.54, 1.807) is 0 Å². The molecule has 0 aliphatic heterocycles. The summed E-state index contributed by atoms with van der Waals surface area (Å²) in [6.45, 7) is 7.80. The van der Waals surface area contributed by atoms with Gasteiger partial charge in [0.1, 0.15) is 6.61 Å². The summed E-state index contributed by atoms with van der Waals surface area (Å²) in [5.74, 6) is 0.703. The Bertz CT molecular complexity index is 135. The van der Waals surface area contributed by atoms with Crippen molar-refractivity contribution in [3.8, 4) is 0 Å². The summed E-state index contributed by atoms with van der Waals surface area (Å²) in [5.41, 5.74) is 0. The van der Waals surface area contributed by atoms with Crippen LogP contribution in [-0.4, -0.2) is 25.7 Å². The van der Waals surface area contributed by atoms with E-state index in [0.29, 0.717) is 12.5 Å². The Hall–Kier alpha value is -0.570. The number of rotatable bonds is 7. The van der Waals surface area contributed by atoms with Crippen LogP contribution in [0.15, 0.2) is 0 Å². The molecule has 0 aliphatic carbocycles. The lowest BCUT2D eigenvalue weighted by Gasteiger charge is -2.06. The zero-order valence-electron chi connectivity index (χ0n) is 8.93. The SMILES string of the molecule is CCOCC(=O)NCCCC(C)C. The van der Waals surface area contributed by atoms with Gasteiger partial charge in [-0.2, -0.15) is 0 Å². The molecule has 0 radical (unpaired) electrons. The lowest BCUT2D eigenvalue weighted by molar-refractivity contribution is -0.125. The van der Waals surface area contributed by atoms with Crippen molar-refractivity contribution in [3.63, 3.8) is 0 Å². The highest BCUT2D eigenvalue weighted by atomic mass is 16.5. The van der Waals surface area contributed by atoms with Gasteiger partial charge in [0.15, 0.2) is 0 Å². The van der Waals surface area contributed by atoms with Crippen LogP contribution >= 0.6 is 0 Å². The van der Waals surface area contributed by atoms with E-state index in [4.69, 9.17) is 4.74 Å². The number of ether oxygens (including phenoxy) is 1. The van der Waals surface area contributed by atoms with Gasteiger partial charge in [-0.15, -0.1) is 0 Å². The molecule has 0 aromatic heterocycles. The molecule has 0 bridgehead atoms. The van der Waals surface area contributed by atoms with Gasteiger partial charge in [-0.1, -0.05) is 13.8 Å². The third kappa shape index (κ3) is 9.34. The standard InChI is InChI=1S/C10H21NO2/c1-4-13-8-10(12)11-7-5-6-9(2)3/h9H,4-8H2,1-3H3,(H,11,12). The van der Waals surface area contributed by atoms with Crippen LogP contribution in [0.1, 0.15) is 33.6 Å². The monoisotopic (exact) mass is 187 g/mol. The molecule has 0 saturated carbocycles. The first kappa shape index (κ1) is 12.4. The highest BCUT2D eigenvalue weighted by molar-refractivity contribution is 5.77. The number of hydrogen-bond donors (Lipinski definition) is 1. The minimum Gasteiger partial charge on any atom is -0.372 e. The Morgan fingerprint density at radius 1 is 1.46 bits per heavy atom. The third-order valence-corrected chi connectivity index (χ3v) is 1.72. The highest BCUT2D eigenvalue weighted by Gasteiger charge is 1.99. The van der Waals surface area contributed by atoms with Crippen LogP contribution in [0.3, 0.4) is 0 Å². The molecule has 3 heteroatoms. The normalized spacial score (nSPS) is 10.5. The van der Waals surface area contributed by atoms with Gasteiger partial charge in [0.2, 0.25) is 5.91 Å². The summed E-state index contributed by atoms with van der Waals surface area (Å²) in [6.07, 6.45) is 2.21.